The van der Waals surface area contributed by atoms with Crippen molar-refractivity contribution in [2.75, 3.05) is 26.7 Å². The molecule has 0 unspecified atom stereocenters. The van der Waals surface area contributed by atoms with Crippen LogP contribution < -0.4 is 5.32 Å². The van der Waals surface area contributed by atoms with E-state index in [1.807, 2.05) is 0 Å². The van der Waals surface area contributed by atoms with Crippen LogP contribution in [-0.2, 0) is 9.59 Å². The first-order chi connectivity index (χ1) is 9.54. The molecule has 0 aromatic heterocycles. The summed E-state index contributed by atoms with van der Waals surface area (Å²) in [5.41, 5.74) is 0. The number of nitrogens with one attached hydrogen (secondary N) is 1. The van der Waals surface area contributed by atoms with Crippen LogP contribution >= 0.6 is 0 Å². The van der Waals surface area contributed by atoms with E-state index in [4.69, 9.17) is 5.11 Å². The van der Waals surface area contributed by atoms with Crippen LogP contribution in [0.5, 0.6) is 0 Å². The van der Waals surface area contributed by atoms with Gasteiger partial charge in [0.05, 0.1) is 0 Å². The maximum atomic E-state index is 12.3. The third-order valence-corrected chi connectivity index (χ3v) is 4.17. The molecule has 2 aliphatic rings. The van der Waals surface area contributed by atoms with Crippen LogP contribution in [-0.4, -0.2) is 65.5 Å². The van der Waals surface area contributed by atoms with Gasteiger partial charge in [0, 0.05) is 32.6 Å². The smallest absolute Gasteiger partial charge is 0.326 e. The summed E-state index contributed by atoms with van der Waals surface area (Å²) < 4.78 is 0. The minimum atomic E-state index is -0.934. The molecule has 0 bridgehead atoms. The topological polar surface area (TPSA) is 90.0 Å². The molecule has 0 spiro atoms. The molecule has 2 rings (SSSR count). The fourth-order valence-electron chi connectivity index (χ4n) is 2.97. The van der Waals surface area contributed by atoms with Gasteiger partial charge in [0.2, 0.25) is 5.91 Å². The molecule has 0 saturated carbocycles. The lowest BCUT2D eigenvalue weighted by molar-refractivity contribution is -0.141. The highest BCUT2D eigenvalue weighted by molar-refractivity contribution is 5.84. The Morgan fingerprint density at radius 2 is 1.75 bits per heavy atom. The minimum Gasteiger partial charge on any atom is -0.480 e. The number of likely N-dealkylation sites (tertiary alicyclic amines) is 2. The van der Waals surface area contributed by atoms with Gasteiger partial charge in [0.25, 0.3) is 0 Å². The summed E-state index contributed by atoms with van der Waals surface area (Å²) in [6, 6.07) is -0.899. The zero-order valence-electron chi connectivity index (χ0n) is 11.7. The molecule has 0 aromatic rings. The van der Waals surface area contributed by atoms with Gasteiger partial charge in [-0.1, -0.05) is 0 Å². The lowest BCUT2D eigenvalue weighted by atomic mass is 9.96. The number of rotatable bonds is 2. The van der Waals surface area contributed by atoms with Gasteiger partial charge in [0.15, 0.2) is 0 Å². The largest absolute Gasteiger partial charge is 0.480 e. The van der Waals surface area contributed by atoms with Crippen molar-refractivity contribution < 1.29 is 19.5 Å². The van der Waals surface area contributed by atoms with Gasteiger partial charge in [-0.25, -0.2) is 9.59 Å². The average Bonchev–Trinajstić information content (AvgIpc) is 2.95. The molecule has 2 saturated heterocycles. The Labute approximate surface area is 117 Å². The number of hydrogen-bond donors (Lipinski definition) is 2. The third kappa shape index (κ3) is 2.86. The SMILES string of the molecule is CNC(=O)C1CCN(C(=O)N2CCC[C@H]2C(=O)O)CC1. The Bertz CT molecular complexity index is 404. The standard InChI is InChI=1S/C13H21N3O4/c1-14-11(17)9-4-7-15(8-5-9)13(20)16-6-2-3-10(16)12(18)19/h9-10H,2-8H2,1H3,(H,14,17)(H,18,19)/t10-/m0/s1. The Hall–Kier alpha value is -1.79. The van der Waals surface area contributed by atoms with Crippen molar-refractivity contribution in [1.82, 2.24) is 15.1 Å². The number of carboxylic acids is 1. The fraction of sp³-hybridized carbons (Fsp3) is 0.769. The van der Waals surface area contributed by atoms with Gasteiger partial charge < -0.3 is 20.2 Å². The van der Waals surface area contributed by atoms with Crippen LogP contribution in [0.2, 0.25) is 0 Å². The molecule has 2 fully saturated rings. The van der Waals surface area contributed by atoms with Gasteiger partial charge >= 0.3 is 12.0 Å². The number of urea groups is 1. The molecule has 2 aliphatic heterocycles. The first kappa shape index (κ1) is 14.6. The quantitative estimate of drug-likeness (QED) is 0.753. The number of carbonyl (C=O) groups excluding carboxylic acids is 2. The number of piperidine rings is 1. The van der Waals surface area contributed by atoms with Gasteiger partial charge in [-0.3, -0.25) is 4.79 Å². The van der Waals surface area contributed by atoms with Crippen LogP contribution in [0.15, 0.2) is 0 Å². The van der Waals surface area contributed by atoms with E-state index in [0.717, 1.165) is 6.42 Å². The first-order valence-electron chi connectivity index (χ1n) is 7.04. The molecule has 1 atom stereocenters. The monoisotopic (exact) mass is 283 g/mol. The van der Waals surface area contributed by atoms with E-state index in [0.29, 0.717) is 38.9 Å². The molecular weight excluding hydrogens is 262 g/mol. The maximum Gasteiger partial charge on any atom is 0.326 e. The number of aliphatic carboxylic acids is 1. The summed E-state index contributed by atoms with van der Waals surface area (Å²) in [4.78, 5) is 38.1. The second-order valence-electron chi connectivity index (χ2n) is 5.35. The van der Waals surface area contributed by atoms with Crippen LogP contribution in [0.25, 0.3) is 0 Å². The Morgan fingerprint density at radius 1 is 1.10 bits per heavy atom. The Balaban J connectivity index is 1.91. The molecule has 7 nitrogen and oxygen atoms in total. The van der Waals surface area contributed by atoms with Crippen molar-refractivity contribution in [1.29, 1.82) is 0 Å². The van der Waals surface area contributed by atoms with E-state index >= 15 is 0 Å². The molecule has 2 N–H and O–H groups in total. The highest BCUT2D eigenvalue weighted by Gasteiger charge is 2.37. The summed E-state index contributed by atoms with van der Waals surface area (Å²) in [5, 5.41) is 11.7. The predicted molar refractivity (Wildman–Crippen MR) is 71.1 cm³/mol. The minimum absolute atomic E-state index is 0.0154. The van der Waals surface area contributed by atoms with Crippen molar-refractivity contribution in [2.45, 2.75) is 31.7 Å². The fourth-order valence-corrected chi connectivity index (χ4v) is 2.97. The lowest BCUT2D eigenvalue weighted by Crippen LogP contribution is -2.51. The average molecular weight is 283 g/mol. The van der Waals surface area contributed by atoms with Crippen LogP contribution in [0, 0.1) is 5.92 Å². The first-order valence-corrected chi connectivity index (χ1v) is 7.04. The van der Waals surface area contributed by atoms with E-state index in [9.17, 15) is 14.4 Å². The highest BCUT2D eigenvalue weighted by Crippen LogP contribution is 2.23. The van der Waals surface area contributed by atoms with Gasteiger partial charge in [-0.2, -0.15) is 0 Å². The van der Waals surface area contributed by atoms with E-state index in [1.54, 1.807) is 11.9 Å². The van der Waals surface area contributed by atoms with Crippen LogP contribution in [0.4, 0.5) is 4.79 Å². The molecular formula is C13H21N3O4. The van der Waals surface area contributed by atoms with Crippen LogP contribution in [0.1, 0.15) is 25.7 Å². The van der Waals surface area contributed by atoms with Gasteiger partial charge in [-0.05, 0) is 25.7 Å². The Morgan fingerprint density at radius 3 is 2.30 bits per heavy atom. The molecule has 0 aliphatic carbocycles. The van der Waals surface area contributed by atoms with Gasteiger partial charge in [0.1, 0.15) is 6.04 Å². The normalized spacial score (nSPS) is 23.8. The summed E-state index contributed by atoms with van der Waals surface area (Å²) in [6.45, 7) is 1.53. The van der Waals surface area contributed by atoms with Gasteiger partial charge in [-0.15, -0.1) is 0 Å². The van der Waals surface area contributed by atoms with Crippen molar-refractivity contribution in [3.63, 3.8) is 0 Å². The van der Waals surface area contributed by atoms with Crippen molar-refractivity contribution >= 4 is 17.9 Å². The zero-order chi connectivity index (χ0) is 14.7. The highest BCUT2D eigenvalue weighted by atomic mass is 16.4. The Kier molecular flexibility index (Phi) is 4.46. The molecule has 112 valence electrons. The number of carbonyl (C=O) groups is 3. The second-order valence-corrected chi connectivity index (χ2v) is 5.35. The van der Waals surface area contributed by atoms with E-state index < -0.39 is 12.0 Å². The van der Waals surface area contributed by atoms with Crippen molar-refractivity contribution in [2.24, 2.45) is 5.92 Å². The number of hydrogen-bond acceptors (Lipinski definition) is 3. The second kappa shape index (κ2) is 6.11. The summed E-state index contributed by atoms with van der Waals surface area (Å²) in [5.74, 6) is -0.962. The van der Waals surface area contributed by atoms with Crippen molar-refractivity contribution in [3.8, 4) is 0 Å². The lowest BCUT2D eigenvalue weighted by Gasteiger charge is -2.35. The molecule has 20 heavy (non-hydrogen) atoms. The maximum absolute atomic E-state index is 12.3. The molecule has 0 aromatic carbocycles. The molecule has 7 heteroatoms. The number of nitrogens with zero attached hydrogens (tertiary/aromatic N) is 2. The molecule has 0 radical (unpaired) electrons. The molecule has 2 heterocycles. The number of carboxylic acid groups (broad SMARTS) is 1. The number of amides is 3. The molecule has 3 amide bonds. The van der Waals surface area contributed by atoms with Crippen LogP contribution in [0.3, 0.4) is 0 Å². The van der Waals surface area contributed by atoms with E-state index in [2.05, 4.69) is 5.32 Å². The zero-order valence-corrected chi connectivity index (χ0v) is 11.7. The van der Waals surface area contributed by atoms with E-state index in [-0.39, 0.29) is 17.9 Å². The summed E-state index contributed by atoms with van der Waals surface area (Å²) in [7, 11) is 1.61. The summed E-state index contributed by atoms with van der Waals surface area (Å²) in [6.07, 6.45) is 2.53. The van der Waals surface area contributed by atoms with Crippen molar-refractivity contribution in [3.05, 3.63) is 0 Å². The third-order valence-electron chi connectivity index (χ3n) is 4.17. The predicted octanol–water partition coefficient (Wildman–Crippen LogP) is 0.113. The summed E-state index contributed by atoms with van der Waals surface area (Å²) >= 11 is 0. The van der Waals surface area contributed by atoms with E-state index in [1.165, 1.54) is 4.90 Å².